The van der Waals surface area contributed by atoms with Crippen LogP contribution in [0.15, 0.2) is 0 Å². The van der Waals surface area contributed by atoms with Gasteiger partial charge in [-0.2, -0.15) is 0 Å². The second-order valence-corrected chi connectivity index (χ2v) is 4.64. The van der Waals surface area contributed by atoms with Crippen LogP contribution in [0, 0.1) is 5.92 Å². The molecule has 6 nitrogen and oxygen atoms in total. The number of methoxy groups -OCH3 is 1. The molecule has 2 unspecified atom stereocenters. The van der Waals surface area contributed by atoms with E-state index in [2.05, 4.69) is 5.32 Å². The minimum absolute atomic E-state index is 0.0736. The standard InChI is InChI=1S/C13H26N2O4/c1-5-15(9-10(2)13(17)18)11(3)12(16)14-7-6-8-19-4/h10-11H,5-9H2,1-4H3,(H,14,16)(H,17,18). The van der Waals surface area contributed by atoms with E-state index in [0.717, 1.165) is 6.42 Å². The summed E-state index contributed by atoms with van der Waals surface area (Å²) in [4.78, 5) is 24.6. The van der Waals surface area contributed by atoms with Crippen LogP contribution in [0.25, 0.3) is 0 Å². The lowest BCUT2D eigenvalue weighted by atomic mass is 10.1. The molecular formula is C13H26N2O4. The van der Waals surface area contributed by atoms with Crippen LogP contribution in [-0.2, 0) is 14.3 Å². The maximum absolute atomic E-state index is 11.9. The number of nitrogens with zero attached hydrogens (tertiary/aromatic N) is 1. The van der Waals surface area contributed by atoms with E-state index < -0.39 is 11.9 Å². The Bertz CT molecular complexity index is 284. The number of carboxylic acids is 1. The maximum Gasteiger partial charge on any atom is 0.307 e. The van der Waals surface area contributed by atoms with Gasteiger partial charge < -0.3 is 15.2 Å². The van der Waals surface area contributed by atoms with Gasteiger partial charge in [-0.15, -0.1) is 0 Å². The Kier molecular flexibility index (Phi) is 9.16. The highest BCUT2D eigenvalue weighted by Gasteiger charge is 2.23. The van der Waals surface area contributed by atoms with Gasteiger partial charge in [-0.05, 0) is 19.9 Å². The molecule has 0 radical (unpaired) electrons. The van der Waals surface area contributed by atoms with Crippen molar-refractivity contribution in [2.24, 2.45) is 5.92 Å². The van der Waals surface area contributed by atoms with E-state index in [1.54, 1.807) is 21.0 Å². The van der Waals surface area contributed by atoms with Crippen LogP contribution < -0.4 is 5.32 Å². The van der Waals surface area contributed by atoms with Crippen LogP contribution in [0.5, 0.6) is 0 Å². The average Bonchev–Trinajstić information content (AvgIpc) is 2.39. The Morgan fingerprint density at radius 2 is 2.00 bits per heavy atom. The van der Waals surface area contributed by atoms with Gasteiger partial charge in [-0.1, -0.05) is 13.8 Å². The lowest BCUT2D eigenvalue weighted by Gasteiger charge is -2.28. The van der Waals surface area contributed by atoms with E-state index >= 15 is 0 Å². The Morgan fingerprint density at radius 3 is 2.47 bits per heavy atom. The summed E-state index contributed by atoms with van der Waals surface area (Å²) >= 11 is 0. The van der Waals surface area contributed by atoms with Gasteiger partial charge >= 0.3 is 5.97 Å². The molecule has 0 aromatic carbocycles. The fourth-order valence-corrected chi connectivity index (χ4v) is 1.73. The molecule has 0 fully saturated rings. The number of hydrogen-bond acceptors (Lipinski definition) is 4. The minimum Gasteiger partial charge on any atom is -0.481 e. The molecule has 0 aromatic heterocycles. The molecule has 0 aromatic rings. The Labute approximate surface area is 115 Å². The molecule has 0 heterocycles. The second-order valence-electron chi connectivity index (χ2n) is 4.64. The Morgan fingerprint density at radius 1 is 1.37 bits per heavy atom. The molecule has 0 aliphatic heterocycles. The summed E-state index contributed by atoms with van der Waals surface area (Å²) in [6.07, 6.45) is 0.770. The van der Waals surface area contributed by atoms with Gasteiger partial charge in [0.05, 0.1) is 12.0 Å². The number of carbonyl (C=O) groups excluding carboxylic acids is 1. The molecule has 2 N–H and O–H groups in total. The number of rotatable bonds is 10. The molecular weight excluding hydrogens is 248 g/mol. The number of amides is 1. The molecule has 1 amide bonds. The second kappa shape index (κ2) is 9.75. The maximum atomic E-state index is 11.9. The fraction of sp³-hybridized carbons (Fsp3) is 0.846. The number of aliphatic carboxylic acids is 1. The highest BCUT2D eigenvalue weighted by Crippen LogP contribution is 2.05. The SMILES string of the molecule is CCN(CC(C)C(=O)O)C(C)C(=O)NCCCOC. The third-order valence-electron chi connectivity index (χ3n) is 3.09. The molecule has 0 saturated heterocycles. The smallest absolute Gasteiger partial charge is 0.307 e. The molecule has 0 spiro atoms. The van der Waals surface area contributed by atoms with Crippen molar-refractivity contribution < 1.29 is 19.4 Å². The summed E-state index contributed by atoms with van der Waals surface area (Å²) in [5.74, 6) is -1.40. The lowest BCUT2D eigenvalue weighted by Crippen LogP contribution is -2.47. The normalized spacial score (nSPS) is 14.2. The van der Waals surface area contributed by atoms with Crippen LogP contribution in [0.2, 0.25) is 0 Å². The number of ether oxygens (including phenoxy) is 1. The monoisotopic (exact) mass is 274 g/mol. The molecule has 0 bridgehead atoms. The number of nitrogens with one attached hydrogen (secondary N) is 1. The average molecular weight is 274 g/mol. The van der Waals surface area contributed by atoms with Crippen molar-refractivity contribution in [1.82, 2.24) is 10.2 Å². The Balaban J connectivity index is 4.21. The van der Waals surface area contributed by atoms with Crippen LogP contribution in [0.4, 0.5) is 0 Å². The quantitative estimate of drug-likeness (QED) is 0.569. The first-order chi connectivity index (χ1) is 8.93. The molecule has 19 heavy (non-hydrogen) atoms. The van der Waals surface area contributed by atoms with Gasteiger partial charge in [-0.3, -0.25) is 14.5 Å². The Hall–Kier alpha value is -1.14. The largest absolute Gasteiger partial charge is 0.481 e. The number of carbonyl (C=O) groups is 2. The highest BCUT2D eigenvalue weighted by atomic mass is 16.5. The first-order valence-electron chi connectivity index (χ1n) is 6.67. The van der Waals surface area contributed by atoms with Crippen molar-refractivity contribution in [3.05, 3.63) is 0 Å². The third kappa shape index (κ3) is 7.12. The van der Waals surface area contributed by atoms with E-state index in [1.807, 2.05) is 11.8 Å². The van der Waals surface area contributed by atoms with Crippen LogP contribution in [0.3, 0.4) is 0 Å². The molecule has 0 aliphatic rings. The van der Waals surface area contributed by atoms with Crippen LogP contribution in [-0.4, -0.2) is 61.3 Å². The number of likely N-dealkylation sites (N-methyl/N-ethyl adjacent to an activating group) is 1. The van der Waals surface area contributed by atoms with Crippen molar-refractivity contribution in [2.75, 3.05) is 33.4 Å². The van der Waals surface area contributed by atoms with Gasteiger partial charge in [0.1, 0.15) is 0 Å². The van der Waals surface area contributed by atoms with Crippen molar-refractivity contribution >= 4 is 11.9 Å². The highest BCUT2D eigenvalue weighted by molar-refractivity contribution is 5.81. The zero-order valence-corrected chi connectivity index (χ0v) is 12.3. The third-order valence-corrected chi connectivity index (χ3v) is 3.09. The van der Waals surface area contributed by atoms with E-state index in [4.69, 9.17) is 9.84 Å². The van der Waals surface area contributed by atoms with Crippen LogP contribution in [0.1, 0.15) is 27.2 Å². The van der Waals surface area contributed by atoms with E-state index in [1.165, 1.54) is 0 Å². The van der Waals surface area contributed by atoms with Gasteiger partial charge in [0.2, 0.25) is 5.91 Å². The summed E-state index contributed by atoms with van der Waals surface area (Å²) < 4.78 is 4.90. The topological polar surface area (TPSA) is 78.9 Å². The zero-order valence-electron chi connectivity index (χ0n) is 12.3. The van der Waals surface area contributed by atoms with E-state index in [0.29, 0.717) is 26.2 Å². The number of carboxylic acid groups (broad SMARTS) is 1. The van der Waals surface area contributed by atoms with Gasteiger partial charge in [0.25, 0.3) is 0 Å². The van der Waals surface area contributed by atoms with E-state index in [-0.39, 0.29) is 11.9 Å². The van der Waals surface area contributed by atoms with Crippen molar-refractivity contribution in [3.8, 4) is 0 Å². The van der Waals surface area contributed by atoms with Crippen LogP contribution >= 0.6 is 0 Å². The number of hydrogen-bond donors (Lipinski definition) is 2. The van der Waals surface area contributed by atoms with Crippen molar-refractivity contribution in [2.45, 2.75) is 33.2 Å². The summed E-state index contributed by atoms with van der Waals surface area (Å²) in [5.41, 5.74) is 0. The van der Waals surface area contributed by atoms with Crippen molar-refractivity contribution in [1.29, 1.82) is 0 Å². The predicted molar refractivity (Wildman–Crippen MR) is 73.0 cm³/mol. The van der Waals surface area contributed by atoms with Gasteiger partial charge in [0.15, 0.2) is 0 Å². The van der Waals surface area contributed by atoms with E-state index in [9.17, 15) is 9.59 Å². The van der Waals surface area contributed by atoms with Crippen molar-refractivity contribution in [3.63, 3.8) is 0 Å². The summed E-state index contributed by atoms with van der Waals surface area (Å²) in [6, 6.07) is -0.325. The predicted octanol–water partition coefficient (Wildman–Crippen LogP) is 0.570. The molecule has 0 aliphatic carbocycles. The summed E-state index contributed by atoms with van der Waals surface area (Å²) in [6.45, 7) is 7.56. The van der Waals surface area contributed by atoms with Gasteiger partial charge in [0, 0.05) is 26.8 Å². The molecule has 0 saturated carbocycles. The molecule has 0 rings (SSSR count). The molecule has 2 atom stereocenters. The summed E-state index contributed by atoms with van der Waals surface area (Å²) in [7, 11) is 1.62. The van der Waals surface area contributed by atoms with Gasteiger partial charge in [-0.25, -0.2) is 0 Å². The zero-order chi connectivity index (χ0) is 14.8. The molecule has 6 heteroatoms. The summed E-state index contributed by atoms with van der Waals surface area (Å²) in [5, 5.41) is 11.7. The molecule has 112 valence electrons. The minimum atomic E-state index is -0.842. The lowest BCUT2D eigenvalue weighted by molar-refractivity contribution is -0.142. The first-order valence-corrected chi connectivity index (χ1v) is 6.67. The fourth-order valence-electron chi connectivity index (χ4n) is 1.73. The first kappa shape index (κ1) is 17.9.